The average molecular weight is 323 g/mol. The highest BCUT2D eigenvalue weighted by molar-refractivity contribution is 8.00. The predicted molar refractivity (Wildman–Crippen MR) is 78.4 cm³/mol. The Bertz CT molecular complexity index is 476. The van der Waals surface area contributed by atoms with Crippen LogP contribution in [0, 0.1) is 11.6 Å². The van der Waals surface area contributed by atoms with E-state index in [0.717, 1.165) is 25.2 Å². The first-order valence-electron chi connectivity index (χ1n) is 6.16. The number of carbonyl (C=O) groups excluding carboxylic acids is 1. The van der Waals surface area contributed by atoms with Crippen LogP contribution in [0.3, 0.4) is 0 Å². The second kappa shape index (κ2) is 7.81. The van der Waals surface area contributed by atoms with Crippen LogP contribution in [0.2, 0.25) is 0 Å². The van der Waals surface area contributed by atoms with Crippen molar-refractivity contribution in [2.75, 3.05) is 25.4 Å². The molecule has 1 aliphatic heterocycles. The molecule has 1 aromatic rings. The van der Waals surface area contributed by atoms with E-state index in [9.17, 15) is 13.6 Å². The van der Waals surface area contributed by atoms with Gasteiger partial charge in [0.15, 0.2) is 11.6 Å². The van der Waals surface area contributed by atoms with Gasteiger partial charge < -0.3 is 10.2 Å². The largest absolute Gasteiger partial charge is 0.337 e. The molecule has 112 valence electrons. The van der Waals surface area contributed by atoms with Gasteiger partial charge in [-0.25, -0.2) is 8.78 Å². The van der Waals surface area contributed by atoms with Crippen molar-refractivity contribution < 1.29 is 13.6 Å². The maximum Gasteiger partial charge on any atom is 0.233 e. The van der Waals surface area contributed by atoms with Gasteiger partial charge in [0.2, 0.25) is 5.91 Å². The van der Waals surface area contributed by atoms with Crippen LogP contribution in [0.25, 0.3) is 0 Å². The van der Waals surface area contributed by atoms with Crippen LogP contribution in [0.1, 0.15) is 6.92 Å². The number of rotatable bonds is 3. The number of hydrogen-bond acceptors (Lipinski definition) is 3. The van der Waals surface area contributed by atoms with Crippen molar-refractivity contribution in [3.05, 3.63) is 29.8 Å². The van der Waals surface area contributed by atoms with Crippen molar-refractivity contribution in [2.24, 2.45) is 0 Å². The Kier molecular flexibility index (Phi) is 6.71. The summed E-state index contributed by atoms with van der Waals surface area (Å²) in [5.74, 6) is -1.47. The van der Waals surface area contributed by atoms with E-state index in [0.29, 0.717) is 11.4 Å². The van der Waals surface area contributed by atoms with Crippen molar-refractivity contribution in [2.45, 2.75) is 17.9 Å². The highest BCUT2D eigenvalue weighted by atomic mass is 35.5. The van der Waals surface area contributed by atoms with Crippen LogP contribution in [-0.4, -0.2) is 42.2 Å². The maximum atomic E-state index is 13.0. The van der Waals surface area contributed by atoms with Gasteiger partial charge in [-0.05, 0) is 25.1 Å². The minimum absolute atomic E-state index is 0. The molecule has 0 saturated carbocycles. The summed E-state index contributed by atoms with van der Waals surface area (Å²) in [5.41, 5.74) is 0. The van der Waals surface area contributed by atoms with Crippen molar-refractivity contribution in [3.63, 3.8) is 0 Å². The van der Waals surface area contributed by atoms with Crippen LogP contribution in [0.5, 0.6) is 0 Å². The molecule has 0 bridgehead atoms. The van der Waals surface area contributed by atoms with Gasteiger partial charge in [-0.1, -0.05) is 0 Å². The predicted octanol–water partition coefficient (Wildman–Crippen LogP) is 2.30. The fraction of sp³-hybridized carbons (Fsp3) is 0.462. The number of benzene rings is 1. The Morgan fingerprint density at radius 3 is 2.85 bits per heavy atom. The monoisotopic (exact) mass is 322 g/mol. The van der Waals surface area contributed by atoms with Crippen molar-refractivity contribution in [1.82, 2.24) is 10.2 Å². The van der Waals surface area contributed by atoms with E-state index in [-0.39, 0.29) is 30.1 Å². The van der Waals surface area contributed by atoms with Gasteiger partial charge in [0.25, 0.3) is 0 Å². The molecule has 0 aromatic heterocycles. The van der Waals surface area contributed by atoms with Gasteiger partial charge >= 0.3 is 0 Å². The van der Waals surface area contributed by atoms with E-state index >= 15 is 0 Å². The molecule has 7 heteroatoms. The summed E-state index contributed by atoms with van der Waals surface area (Å²) in [7, 11) is 0. The zero-order valence-corrected chi connectivity index (χ0v) is 12.7. The topological polar surface area (TPSA) is 32.3 Å². The third kappa shape index (κ3) is 4.33. The molecule has 1 fully saturated rings. The van der Waals surface area contributed by atoms with Crippen LogP contribution >= 0.6 is 24.2 Å². The number of thioether (sulfide) groups is 1. The van der Waals surface area contributed by atoms with E-state index in [4.69, 9.17) is 0 Å². The van der Waals surface area contributed by atoms with Crippen LogP contribution in [0.15, 0.2) is 23.1 Å². The van der Waals surface area contributed by atoms with Gasteiger partial charge in [0.05, 0.1) is 5.75 Å². The lowest BCUT2D eigenvalue weighted by Crippen LogP contribution is -2.52. The first kappa shape index (κ1) is 17.2. The third-order valence-corrected chi connectivity index (χ3v) is 4.05. The average Bonchev–Trinajstić information content (AvgIpc) is 2.40. The number of hydrogen-bond donors (Lipinski definition) is 1. The maximum absolute atomic E-state index is 13.0. The van der Waals surface area contributed by atoms with Gasteiger partial charge in [0, 0.05) is 30.6 Å². The fourth-order valence-electron chi connectivity index (χ4n) is 2.01. The lowest BCUT2D eigenvalue weighted by molar-refractivity contribution is -0.131. The number of amides is 1. The van der Waals surface area contributed by atoms with Gasteiger partial charge in [-0.15, -0.1) is 24.2 Å². The first-order valence-corrected chi connectivity index (χ1v) is 7.14. The Morgan fingerprint density at radius 1 is 1.45 bits per heavy atom. The molecule has 1 atom stereocenters. The van der Waals surface area contributed by atoms with E-state index in [1.165, 1.54) is 17.8 Å². The molecule has 3 nitrogen and oxygen atoms in total. The molecule has 1 N–H and O–H groups in total. The summed E-state index contributed by atoms with van der Waals surface area (Å²) >= 11 is 1.23. The molecule has 0 radical (unpaired) electrons. The minimum Gasteiger partial charge on any atom is -0.337 e. The van der Waals surface area contributed by atoms with Crippen LogP contribution < -0.4 is 5.32 Å². The third-order valence-electron chi connectivity index (χ3n) is 3.08. The molecule has 1 heterocycles. The van der Waals surface area contributed by atoms with E-state index in [2.05, 4.69) is 5.32 Å². The highest BCUT2D eigenvalue weighted by Gasteiger charge is 2.22. The molecular weight excluding hydrogens is 306 g/mol. The summed E-state index contributed by atoms with van der Waals surface area (Å²) in [4.78, 5) is 14.4. The van der Waals surface area contributed by atoms with Crippen LogP contribution in [0.4, 0.5) is 8.78 Å². The minimum atomic E-state index is -0.881. The van der Waals surface area contributed by atoms with E-state index in [1.807, 2.05) is 11.8 Å². The number of nitrogens with zero attached hydrogens (tertiary/aromatic N) is 1. The summed E-state index contributed by atoms with van der Waals surface area (Å²) in [6.45, 7) is 4.28. The lowest BCUT2D eigenvalue weighted by atomic mass is 10.2. The molecule has 20 heavy (non-hydrogen) atoms. The van der Waals surface area contributed by atoms with Crippen molar-refractivity contribution in [3.8, 4) is 0 Å². The molecule has 2 rings (SSSR count). The Labute approximate surface area is 127 Å². The summed E-state index contributed by atoms with van der Waals surface area (Å²) in [6, 6.07) is 3.86. The normalized spacial score (nSPS) is 18.6. The number of piperazine rings is 1. The molecule has 1 aliphatic rings. The number of halogens is 3. The Balaban J connectivity index is 0.00000200. The standard InChI is InChI=1S/C13H16F2N2OS.ClH/c1-9-7-16-4-5-17(9)13(18)8-19-10-2-3-11(14)12(15)6-10;/h2-3,6,9,16H,4-5,7-8H2,1H3;1H/t9-;/m1./s1. The molecule has 0 unspecified atom stereocenters. The molecule has 1 aromatic carbocycles. The number of carbonyl (C=O) groups is 1. The Hall–Kier alpha value is -0.850. The summed E-state index contributed by atoms with van der Waals surface area (Å²) in [6.07, 6.45) is 0. The second-order valence-corrected chi connectivity index (χ2v) is 5.55. The molecule has 0 spiro atoms. The molecule has 1 saturated heterocycles. The summed E-state index contributed by atoms with van der Waals surface area (Å²) < 4.78 is 25.8. The van der Waals surface area contributed by atoms with Gasteiger partial charge in [-0.3, -0.25) is 4.79 Å². The number of nitrogens with one attached hydrogen (secondary N) is 1. The molecule has 0 aliphatic carbocycles. The van der Waals surface area contributed by atoms with Gasteiger partial charge in [0.1, 0.15) is 0 Å². The fourth-order valence-corrected chi connectivity index (χ4v) is 2.81. The zero-order chi connectivity index (χ0) is 13.8. The summed E-state index contributed by atoms with van der Waals surface area (Å²) in [5, 5.41) is 3.21. The first-order chi connectivity index (χ1) is 9.08. The highest BCUT2D eigenvalue weighted by Crippen LogP contribution is 2.21. The zero-order valence-electron chi connectivity index (χ0n) is 11.1. The van der Waals surface area contributed by atoms with Gasteiger partial charge in [-0.2, -0.15) is 0 Å². The lowest BCUT2D eigenvalue weighted by Gasteiger charge is -2.33. The van der Waals surface area contributed by atoms with E-state index in [1.54, 1.807) is 0 Å². The Morgan fingerprint density at radius 2 is 2.20 bits per heavy atom. The van der Waals surface area contributed by atoms with Crippen molar-refractivity contribution in [1.29, 1.82) is 0 Å². The SMILES string of the molecule is C[C@@H]1CNCCN1C(=O)CSc1ccc(F)c(F)c1.Cl. The molecular formula is C13H17ClF2N2OS. The molecule has 1 amide bonds. The van der Waals surface area contributed by atoms with Crippen LogP contribution in [-0.2, 0) is 4.79 Å². The smallest absolute Gasteiger partial charge is 0.233 e. The van der Waals surface area contributed by atoms with E-state index < -0.39 is 11.6 Å². The quantitative estimate of drug-likeness (QED) is 0.867. The second-order valence-electron chi connectivity index (χ2n) is 4.50. The van der Waals surface area contributed by atoms with Crippen molar-refractivity contribution >= 4 is 30.1 Å².